The molecule has 1 aromatic carbocycles. The molecule has 1 aromatic rings. The Bertz CT molecular complexity index is 534. The third kappa shape index (κ3) is 2.26. The summed E-state index contributed by atoms with van der Waals surface area (Å²) >= 11 is 1.35. The van der Waals surface area contributed by atoms with Crippen molar-refractivity contribution in [1.29, 1.82) is 0 Å². The molecular weight excluding hydrogens is 234 g/mol. The Kier molecular flexibility index (Phi) is 3.07. The molecule has 0 unspecified atom stereocenters. The minimum Gasteiger partial charge on any atom is -0.278 e. The van der Waals surface area contributed by atoms with Gasteiger partial charge in [-0.2, -0.15) is 0 Å². The number of imide groups is 1. The number of thioether (sulfide) groups is 1. The molecule has 3 nitrogen and oxygen atoms in total. The van der Waals surface area contributed by atoms with E-state index in [0.29, 0.717) is 4.91 Å². The van der Waals surface area contributed by atoms with Crippen molar-refractivity contribution in [3.63, 3.8) is 0 Å². The van der Waals surface area contributed by atoms with Gasteiger partial charge in [-0.3, -0.25) is 14.5 Å². The molecule has 1 aliphatic rings. The van der Waals surface area contributed by atoms with E-state index in [1.165, 1.54) is 30.4 Å². The van der Waals surface area contributed by atoms with Gasteiger partial charge < -0.3 is 0 Å². The number of carbonyl (C=O) groups excluding carboxylic acids is 2. The molecule has 2 rings (SSSR count). The maximum absolute atomic E-state index is 11.7. The van der Waals surface area contributed by atoms with E-state index in [1.807, 2.05) is 26.0 Å². The molecule has 0 N–H and O–H groups in total. The molecule has 0 saturated heterocycles. The molecule has 1 aliphatic heterocycles. The maximum Gasteiger partial charge on any atom is 0.267 e. The first-order valence-electron chi connectivity index (χ1n) is 5.28. The average molecular weight is 247 g/mol. The third-order valence-corrected chi connectivity index (χ3v) is 3.84. The van der Waals surface area contributed by atoms with E-state index in [2.05, 4.69) is 6.07 Å². The number of aryl methyl sites for hydroxylation is 2. The van der Waals surface area contributed by atoms with Crippen molar-refractivity contribution in [1.82, 2.24) is 4.90 Å². The maximum atomic E-state index is 11.7. The SMILES string of the molecule is Cc1ccc(SC2=CC(=O)N(C)C2=O)c(C)c1. The molecule has 0 saturated carbocycles. The summed E-state index contributed by atoms with van der Waals surface area (Å²) in [7, 11) is 1.50. The Morgan fingerprint density at radius 1 is 1.18 bits per heavy atom. The lowest BCUT2D eigenvalue weighted by molar-refractivity contribution is -0.135. The van der Waals surface area contributed by atoms with Crippen molar-refractivity contribution in [2.45, 2.75) is 18.7 Å². The van der Waals surface area contributed by atoms with Crippen molar-refractivity contribution in [3.8, 4) is 0 Å². The van der Waals surface area contributed by atoms with Crippen LogP contribution in [0.5, 0.6) is 0 Å². The summed E-state index contributed by atoms with van der Waals surface area (Å²) in [5.41, 5.74) is 2.30. The largest absolute Gasteiger partial charge is 0.278 e. The second-order valence-corrected chi connectivity index (χ2v) is 5.17. The molecule has 0 radical (unpaired) electrons. The summed E-state index contributed by atoms with van der Waals surface area (Å²) in [6, 6.07) is 6.04. The van der Waals surface area contributed by atoms with Gasteiger partial charge in [0, 0.05) is 18.0 Å². The summed E-state index contributed by atoms with van der Waals surface area (Å²) in [6.07, 6.45) is 1.40. The molecule has 0 fully saturated rings. The highest BCUT2D eigenvalue weighted by molar-refractivity contribution is 8.04. The van der Waals surface area contributed by atoms with Gasteiger partial charge in [-0.1, -0.05) is 29.5 Å². The van der Waals surface area contributed by atoms with Gasteiger partial charge in [0.05, 0.1) is 4.91 Å². The molecule has 2 amide bonds. The Hall–Kier alpha value is -1.55. The number of rotatable bonds is 2. The zero-order valence-electron chi connectivity index (χ0n) is 9.98. The van der Waals surface area contributed by atoms with Crippen LogP contribution in [-0.4, -0.2) is 23.8 Å². The molecular formula is C13H13NO2S. The smallest absolute Gasteiger partial charge is 0.267 e. The fraction of sp³-hybridized carbons (Fsp3) is 0.231. The quantitative estimate of drug-likeness (QED) is 0.752. The van der Waals surface area contributed by atoms with Crippen molar-refractivity contribution in [2.75, 3.05) is 7.05 Å². The molecule has 1 heterocycles. The van der Waals surface area contributed by atoms with Crippen LogP contribution in [0, 0.1) is 13.8 Å². The first-order valence-corrected chi connectivity index (χ1v) is 6.09. The summed E-state index contributed by atoms with van der Waals surface area (Å²) in [5.74, 6) is -0.470. The van der Waals surface area contributed by atoms with Gasteiger partial charge in [0.15, 0.2) is 0 Å². The summed E-state index contributed by atoms with van der Waals surface area (Å²) in [5, 5.41) is 0. The number of nitrogens with zero attached hydrogens (tertiary/aromatic N) is 1. The predicted molar refractivity (Wildman–Crippen MR) is 67.6 cm³/mol. The molecule has 88 valence electrons. The van der Waals surface area contributed by atoms with E-state index in [0.717, 1.165) is 15.4 Å². The first-order chi connectivity index (χ1) is 7.99. The Labute approximate surface area is 104 Å². The van der Waals surface area contributed by atoms with E-state index in [9.17, 15) is 9.59 Å². The highest BCUT2D eigenvalue weighted by atomic mass is 32.2. The number of hydrogen-bond acceptors (Lipinski definition) is 3. The molecule has 0 bridgehead atoms. The highest BCUT2D eigenvalue weighted by Crippen LogP contribution is 2.33. The molecule has 0 aromatic heterocycles. The topological polar surface area (TPSA) is 37.4 Å². The van der Waals surface area contributed by atoms with Crippen LogP contribution in [0.25, 0.3) is 0 Å². The van der Waals surface area contributed by atoms with E-state index in [4.69, 9.17) is 0 Å². The van der Waals surface area contributed by atoms with Crippen molar-refractivity contribution in [3.05, 3.63) is 40.3 Å². The minimum atomic E-state index is -0.248. The van der Waals surface area contributed by atoms with Crippen LogP contribution in [0.4, 0.5) is 0 Å². The summed E-state index contributed by atoms with van der Waals surface area (Å²) < 4.78 is 0. The Morgan fingerprint density at radius 3 is 2.41 bits per heavy atom. The summed E-state index contributed by atoms with van der Waals surface area (Å²) in [6.45, 7) is 4.03. The lowest BCUT2D eigenvalue weighted by Gasteiger charge is -2.08. The van der Waals surface area contributed by atoms with Crippen LogP contribution in [0.1, 0.15) is 11.1 Å². The van der Waals surface area contributed by atoms with E-state index in [1.54, 1.807) is 0 Å². The normalized spacial score (nSPS) is 15.5. The molecule has 0 spiro atoms. The second kappa shape index (κ2) is 4.37. The second-order valence-electron chi connectivity index (χ2n) is 4.08. The predicted octanol–water partition coefficient (Wildman–Crippen LogP) is 2.28. The third-order valence-electron chi connectivity index (χ3n) is 2.65. The monoisotopic (exact) mass is 247 g/mol. The van der Waals surface area contributed by atoms with E-state index in [-0.39, 0.29) is 11.8 Å². The lowest BCUT2D eigenvalue weighted by Crippen LogP contribution is -2.25. The van der Waals surface area contributed by atoms with Gasteiger partial charge in [-0.25, -0.2) is 0 Å². The van der Waals surface area contributed by atoms with Crippen molar-refractivity contribution in [2.24, 2.45) is 0 Å². The van der Waals surface area contributed by atoms with Gasteiger partial charge in [-0.05, 0) is 25.5 Å². The minimum absolute atomic E-state index is 0.222. The van der Waals surface area contributed by atoms with Crippen molar-refractivity contribution >= 4 is 23.6 Å². The van der Waals surface area contributed by atoms with Crippen LogP contribution in [-0.2, 0) is 9.59 Å². The van der Waals surface area contributed by atoms with Crippen LogP contribution >= 0.6 is 11.8 Å². The van der Waals surface area contributed by atoms with Gasteiger partial charge in [0.25, 0.3) is 11.8 Å². The number of amides is 2. The Balaban J connectivity index is 2.25. The van der Waals surface area contributed by atoms with Crippen LogP contribution in [0.2, 0.25) is 0 Å². The van der Waals surface area contributed by atoms with Gasteiger partial charge >= 0.3 is 0 Å². The van der Waals surface area contributed by atoms with Crippen molar-refractivity contribution < 1.29 is 9.59 Å². The van der Waals surface area contributed by atoms with E-state index >= 15 is 0 Å². The Morgan fingerprint density at radius 2 is 1.88 bits per heavy atom. The van der Waals surface area contributed by atoms with Crippen LogP contribution in [0.15, 0.2) is 34.1 Å². The number of likely N-dealkylation sites (N-methyl/N-ethyl adjacent to an activating group) is 1. The zero-order valence-corrected chi connectivity index (χ0v) is 10.8. The zero-order chi connectivity index (χ0) is 12.6. The number of benzene rings is 1. The number of carbonyl (C=O) groups is 2. The van der Waals surface area contributed by atoms with Gasteiger partial charge in [0.2, 0.25) is 0 Å². The summed E-state index contributed by atoms with van der Waals surface area (Å²) in [4.78, 5) is 25.7. The number of hydrogen-bond donors (Lipinski definition) is 0. The first kappa shape index (κ1) is 11.9. The fourth-order valence-corrected chi connectivity index (χ4v) is 2.62. The molecule has 17 heavy (non-hydrogen) atoms. The van der Waals surface area contributed by atoms with E-state index < -0.39 is 0 Å². The highest BCUT2D eigenvalue weighted by Gasteiger charge is 2.28. The lowest BCUT2D eigenvalue weighted by atomic mass is 10.2. The van der Waals surface area contributed by atoms with Gasteiger partial charge in [-0.15, -0.1) is 0 Å². The standard InChI is InChI=1S/C13H13NO2S/c1-8-4-5-10(9(2)6-8)17-11-7-12(15)14(3)13(11)16/h4-7H,1-3H3. The molecule has 0 aliphatic carbocycles. The average Bonchev–Trinajstić information content (AvgIpc) is 2.50. The fourth-order valence-electron chi connectivity index (χ4n) is 1.64. The van der Waals surface area contributed by atoms with Crippen LogP contribution < -0.4 is 0 Å². The molecule has 0 atom stereocenters. The van der Waals surface area contributed by atoms with Crippen LogP contribution in [0.3, 0.4) is 0 Å². The molecule has 4 heteroatoms. The van der Waals surface area contributed by atoms with Gasteiger partial charge in [0.1, 0.15) is 0 Å².